The summed E-state index contributed by atoms with van der Waals surface area (Å²) in [6.45, 7) is 0. The second-order valence-corrected chi connectivity index (χ2v) is 5.13. The highest BCUT2D eigenvalue weighted by atomic mass is 16.3. The van der Waals surface area contributed by atoms with Crippen molar-refractivity contribution in [3.63, 3.8) is 0 Å². The smallest absolute Gasteiger partial charge is 0.254 e. The zero-order valence-corrected chi connectivity index (χ0v) is 10.5. The summed E-state index contributed by atoms with van der Waals surface area (Å²) in [5.41, 5.74) is 1.74. The van der Waals surface area contributed by atoms with Crippen LogP contribution >= 0.6 is 0 Å². The molecular formula is C15H17NO2. The molecule has 0 saturated heterocycles. The molecule has 0 amide bonds. The van der Waals surface area contributed by atoms with E-state index in [2.05, 4.69) is 0 Å². The number of benzene rings is 1. The Bertz CT molecular complexity index is 644. The number of aromatic nitrogens is 1. The molecule has 3 rings (SSSR count). The SMILES string of the molecule is Cn1c(=O)c([C@@H]2CCC[C@H]2O)cc2ccccc21. The number of fused-ring (bicyclic) bond motifs is 1. The second kappa shape index (κ2) is 4.25. The van der Waals surface area contributed by atoms with Crippen LogP contribution in [-0.2, 0) is 7.05 Å². The van der Waals surface area contributed by atoms with E-state index < -0.39 is 0 Å². The van der Waals surface area contributed by atoms with Crippen molar-refractivity contribution >= 4 is 10.9 Å². The molecule has 1 N–H and O–H groups in total. The zero-order chi connectivity index (χ0) is 12.7. The number of nitrogens with zero attached hydrogens (tertiary/aromatic N) is 1. The molecule has 0 spiro atoms. The summed E-state index contributed by atoms with van der Waals surface area (Å²) in [6.07, 6.45) is 2.36. The maximum atomic E-state index is 12.4. The molecule has 1 fully saturated rings. The van der Waals surface area contributed by atoms with E-state index in [1.54, 1.807) is 11.6 Å². The largest absolute Gasteiger partial charge is 0.392 e. The minimum absolute atomic E-state index is 0.00769. The van der Waals surface area contributed by atoms with Crippen molar-refractivity contribution in [1.82, 2.24) is 4.57 Å². The van der Waals surface area contributed by atoms with Gasteiger partial charge in [0.1, 0.15) is 0 Å². The number of aliphatic hydroxyl groups is 1. The summed E-state index contributed by atoms with van der Waals surface area (Å²) in [4.78, 5) is 12.4. The molecule has 0 aliphatic heterocycles. The number of rotatable bonds is 1. The van der Waals surface area contributed by atoms with Crippen molar-refractivity contribution in [3.05, 3.63) is 46.2 Å². The third-order valence-corrected chi connectivity index (χ3v) is 4.04. The molecule has 18 heavy (non-hydrogen) atoms. The Morgan fingerprint density at radius 3 is 2.78 bits per heavy atom. The van der Waals surface area contributed by atoms with Crippen molar-refractivity contribution in [2.75, 3.05) is 0 Å². The van der Waals surface area contributed by atoms with Gasteiger partial charge in [0, 0.05) is 18.5 Å². The average molecular weight is 243 g/mol. The third-order valence-electron chi connectivity index (χ3n) is 4.04. The monoisotopic (exact) mass is 243 g/mol. The van der Waals surface area contributed by atoms with Gasteiger partial charge in [0.05, 0.1) is 11.6 Å². The summed E-state index contributed by atoms with van der Waals surface area (Å²) in [7, 11) is 1.80. The molecule has 0 unspecified atom stereocenters. The van der Waals surface area contributed by atoms with E-state index in [1.807, 2.05) is 30.3 Å². The van der Waals surface area contributed by atoms with Gasteiger partial charge < -0.3 is 9.67 Å². The van der Waals surface area contributed by atoms with Crippen molar-refractivity contribution in [1.29, 1.82) is 0 Å². The van der Waals surface area contributed by atoms with E-state index in [9.17, 15) is 9.90 Å². The highest BCUT2D eigenvalue weighted by molar-refractivity contribution is 5.79. The van der Waals surface area contributed by atoms with Crippen LogP contribution in [0.1, 0.15) is 30.7 Å². The first-order valence-electron chi connectivity index (χ1n) is 6.45. The van der Waals surface area contributed by atoms with Gasteiger partial charge in [-0.1, -0.05) is 24.6 Å². The van der Waals surface area contributed by atoms with Gasteiger partial charge in [0.25, 0.3) is 5.56 Å². The molecular weight excluding hydrogens is 226 g/mol. The standard InChI is InChI=1S/C15H17NO2/c1-16-13-7-3-2-5-10(13)9-12(15(16)18)11-6-4-8-14(11)17/h2-3,5,7,9,11,14,17H,4,6,8H2,1H3/t11-,14+/m0/s1. The van der Waals surface area contributed by atoms with Gasteiger partial charge in [-0.25, -0.2) is 0 Å². The molecule has 1 aliphatic carbocycles. The molecule has 1 aliphatic rings. The summed E-state index contributed by atoms with van der Waals surface area (Å²) in [6, 6.07) is 9.83. The van der Waals surface area contributed by atoms with Crippen molar-refractivity contribution < 1.29 is 5.11 Å². The minimum Gasteiger partial charge on any atom is -0.392 e. The summed E-state index contributed by atoms with van der Waals surface area (Å²) < 4.78 is 1.69. The quantitative estimate of drug-likeness (QED) is 0.834. The molecule has 1 saturated carbocycles. The Labute approximate surface area is 106 Å². The lowest BCUT2D eigenvalue weighted by Gasteiger charge is -2.16. The number of para-hydroxylation sites is 1. The molecule has 1 aromatic heterocycles. The van der Waals surface area contributed by atoms with Crippen LogP contribution in [0.5, 0.6) is 0 Å². The Morgan fingerprint density at radius 2 is 2.06 bits per heavy atom. The van der Waals surface area contributed by atoms with Crippen LogP contribution < -0.4 is 5.56 Å². The van der Waals surface area contributed by atoms with Gasteiger partial charge in [0.15, 0.2) is 0 Å². The molecule has 1 heterocycles. The second-order valence-electron chi connectivity index (χ2n) is 5.13. The van der Waals surface area contributed by atoms with E-state index in [-0.39, 0.29) is 17.6 Å². The molecule has 0 radical (unpaired) electrons. The van der Waals surface area contributed by atoms with E-state index in [4.69, 9.17) is 0 Å². The number of pyridine rings is 1. The molecule has 0 bridgehead atoms. The fraction of sp³-hybridized carbons (Fsp3) is 0.400. The predicted molar refractivity (Wildman–Crippen MR) is 71.8 cm³/mol. The van der Waals surface area contributed by atoms with Crippen LogP contribution in [0.15, 0.2) is 35.1 Å². The van der Waals surface area contributed by atoms with Crippen LogP contribution in [0.2, 0.25) is 0 Å². The van der Waals surface area contributed by atoms with Gasteiger partial charge in [-0.05, 0) is 30.4 Å². The Balaban J connectivity index is 2.24. The summed E-state index contributed by atoms with van der Waals surface area (Å²) in [5, 5.41) is 11.0. The third kappa shape index (κ3) is 1.66. The Kier molecular flexibility index (Phi) is 2.71. The lowest BCUT2D eigenvalue weighted by molar-refractivity contribution is 0.163. The molecule has 1 aromatic carbocycles. The highest BCUT2D eigenvalue weighted by Gasteiger charge is 2.29. The van der Waals surface area contributed by atoms with Crippen molar-refractivity contribution in [2.45, 2.75) is 31.3 Å². The number of aryl methyl sites for hydroxylation is 1. The fourth-order valence-corrected chi connectivity index (χ4v) is 3.02. The summed E-state index contributed by atoms with van der Waals surface area (Å²) >= 11 is 0. The fourth-order valence-electron chi connectivity index (χ4n) is 3.02. The van der Waals surface area contributed by atoms with E-state index in [0.717, 1.165) is 35.7 Å². The molecule has 94 valence electrons. The lowest BCUT2D eigenvalue weighted by atomic mass is 9.95. The minimum atomic E-state index is -0.362. The number of aliphatic hydroxyl groups excluding tert-OH is 1. The zero-order valence-electron chi connectivity index (χ0n) is 10.5. The number of hydrogen-bond donors (Lipinski definition) is 1. The molecule has 3 heteroatoms. The Hall–Kier alpha value is -1.61. The van der Waals surface area contributed by atoms with Crippen LogP contribution in [0.3, 0.4) is 0 Å². The maximum absolute atomic E-state index is 12.4. The van der Waals surface area contributed by atoms with Gasteiger partial charge in [-0.3, -0.25) is 4.79 Å². The predicted octanol–water partition coefficient (Wildman–Crippen LogP) is 2.17. The van der Waals surface area contributed by atoms with Gasteiger partial charge in [-0.15, -0.1) is 0 Å². The lowest BCUT2D eigenvalue weighted by Crippen LogP contribution is -2.26. The first kappa shape index (κ1) is 11.5. The van der Waals surface area contributed by atoms with E-state index in [0.29, 0.717) is 0 Å². The average Bonchev–Trinajstić information content (AvgIpc) is 2.80. The van der Waals surface area contributed by atoms with E-state index in [1.165, 1.54) is 0 Å². The van der Waals surface area contributed by atoms with E-state index >= 15 is 0 Å². The van der Waals surface area contributed by atoms with Gasteiger partial charge >= 0.3 is 0 Å². The normalized spacial score (nSPS) is 23.7. The van der Waals surface area contributed by atoms with Crippen molar-refractivity contribution in [3.8, 4) is 0 Å². The van der Waals surface area contributed by atoms with Gasteiger partial charge in [0.2, 0.25) is 0 Å². The van der Waals surface area contributed by atoms with Crippen LogP contribution in [0.4, 0.5) is 0 Å². The molecule has 2 atom stereocenters. The molecule has 2 aromatic rings. The Morgan fingerprint density at radius 1 is 1.28 bits per heavy atom. The van der Waals surface area contributed by atoms with Crippen LogP contribution in [0.25, 0.3) is 10.9 Å². The maximum Gasteiger partial charge on any atom is 0.254 e. The van der Waals surface area contributed by atoms with Crippen LogP contribution in [0, 0.1) is 0 Å². The van der Waals surface area contributed by atoms with Crippen LogP contribution in [-0.4, -0.2) is 15.8 Å². The first-order chi connectivity index (χ1) is 8.68. The summed E-state index contributed by atoms with van der Waals surface area (Å²) in [5.74, 6) is 0.00769. The first-order valence-corrected chi connectivity index (χ1v) is 6.45. The van der Waals surface area contributed by atoms with Gasteiger partial charge in [-0.2, -0.15) is 0 Å². The number of hydrogen-bond acceptors (Lipinski definition) is 2. The van der Waals surface area contributed by atoms with Crippen molar-refractivity contribution in [2.24, 2.45) is 7.05 Å². The topological polar surface area (TPSA) is 42.2 Å². The highest BCUT2D eigenvalue weighted by Crippen LogP contribution is 2.33. The molecule has 3 nitrogen and oxygen atoms in total.